The zero-order valence-corrected chi connectivity index (χ0v) is 16.1. The average molecular weight is 545 g/mol. The highest BCUT2D eigenvalue weighted by atomic mass is 19.4. The Morgan fingerprint density at radius 3 is 1.06 bits per heavy atom. The lowest BCUT2D eigenvalue weighted by Gasteiger charge is -2.45. The Kier molecular flexibility index (Phi) is 7.56. The Morgan fingerprint density at radius 2 is 0.824 bits per heavy atom. The van der Waals surface area contributed by atoms with Crippen LogP contribution in [-0.2, 0) is 4.79 Å². The van der Waals surface area contributed by atoms with Gasteiger partial charge in [-0.1, -0.05) is 13.0 Å². The molecule has 0 aliphatic carbocycles. The summed E-state index contributed by atoms with van der Waals surface area (Å²) >= 11 is 0. The Morgan fingerprint density at radius 1 is 0.588 bits per heavy atom. The van der Waals surface area contributed by atoms with Crippen molar-refractivity contribution in [3.05, 3.63) is 18.6 Å². The van der Waals surface area contributed by atoms with Crippen molar-refractivity contribution in [2.75, 3.05) is 0 Å². The van der Waals surface area contributed by atoms with E-state index >= 15 is 0 Å². The van der Waals surface area contributed by atoms with E-state index in [0.29, 0.717) is 6.92 Å². The van der Waals surface area contributed by atoms with Gasteiger partial charge in [0.2, 0.25) is 0 Å². The Hall–Kier alpha value is -1.98. The van der Waals surface area contributed by atoms with Crippen molar-refractivity contribution in [1.82, 2.24) is 0 Å². The van der Waals surface area contributed by atoms with Crippen molar-refractivity contribution >= 4 is 5.97 Å². The molecule has 0 bridgehead atoms. The highest BCUT2D eigenvalue weighted by Gasteiger charge is 2.95. The van der Waals surface area contributed by atoms with Gasteiger partial charge in [0.1, 0.15) is 0 Å². The topological polar surface area (TPSA) is 37.3 Å². The fourth-order valence-corrected chi connectivity index (χ4v) is 2.15. The van der Waals surface area contributed by atoms with Crippen LogP contribution in [-0.4, -0.2) is 58.7 Å². The van der Waals surface area contributed by atoms with Crippen LogP contribution >= 0.6 is 0 Å². The van der Waals surface area contributed by atoms with Gasteiger partial charge in [-0.15, -0.1) is 0 Å². The van der Waals surface area contributed by atoms with Crippen molar-refractivity contribution in [3.63, 3.8) is 0 Å². The number of halogens is 17. The first kappa shape index (κ1) is 32.0. The number of carboxylic acid groups (broad SMARTS) is 1. The van der Waals surface area contributed by atoms with Gasteiger partial charge in [0.25, 0.3) is 0 Å². The van der Waals surface area contributed by atoms with E-state index in [1.54, 1.807) is 0 Å². The lowest BCUT2D eigenvalue weighted by Crippen LogP contribution is -2.75. The fourth-order valence-electron chi connectivity index (χ4n) is 2.15. The van der Waals surface area contributed by atoms with E-state index in [2.05, 4.69) is 6.92 Å². The van der Waals surface area contributed by atoms with Gasteiger partial charge in [0.05, 0.1) is 5.41 Å². The molecule has 0 aliphatic heterocycles. The maximum atomic E-state index is 14.1. The third-order valence-corrected chi connectivity index (χ3v) is 4.31. The number of hydrogen-bond donors (Lipinski definition) is 1. The third kappa shape index (κ3) is 4.05. The van der Waals surface area contributed by atoms with Gasteiger partial charge < -0.3 is 5.11 Å². The first-order chi connectivity index (χ1) is 14.3. The number of carbonyl (C=O) groups is 1. The monoisotopic (exact) mass is 545 g/mol. The first-order valence-corrected chi connectivity index (χ1v) is 7.82. The van der Waals surface area contributed by atoms with Crippen LogP contribution < -0.4 is 0 Å². The van der Waals surface area contributed by atoms with E-state index in [-0.39, 0.29) is 6.92 Å². The molecule has 1 radical (unpaired) electrons. The maximum Gasteiger partial charge on any atom is 0.460 e. The van der Waals surface area contributed by atoms with Crippen molar-refractivity contribution in [1.29, 1.82) is 0 Å². The van der Waals surface area contributed by atoms with E-state index in [1.807, 2.05) is 0 Å². The second-order valence-corrected chi connectivity index (χ2v) is 7.07. The van der Waals surface area contributed by atoms with Crippen LogP contribution in [0.3, 0.4) is 0 Å². The summed E-state index contributed by atoms with van der Waals surface area (Å²) in [5, 5.41) is 8.50. The SMILES string of the molecule is [CH2]C(C)(C=C(C)C(=O)O)C(F)(F)C(F)(F)C(F)(F)C(F)(F)C(F)(F)C(F)(F)C(F)(F)C(F)(F)F. The predicted molar refractivity (Wildman–Crippen MR) is 75.5 cm³/mol. The minimum Gasteiger partial charge on any atom is -0.478 e. The van der Waals surface area contributed by atoms with Crippen LogP contribution in [0.15, 0.2) is 11.6 Å². The molecule has 0 saturated carbocycles. The zero-order chi connectivity index (χ0) is 28.4. The Bertz CT molecular complexity index is 819. The third-order valence-electron chi connectivity index (χ3n) is 4.31. The van der Waals surface area contributed by atoms with E-state index in [0.717, 1.165) is 0 Å². The van der Waals surface area contributed by atoms with Crippen LogP contribution in [0.1, 0.15) is 13.8 Å². The molecule has 1 N–H and O–H groups in total. The highest BCUT2D eigenvalue weighted by Crippen LogP contribution is 2.65. The maximum absolute atomic E-state index is 14.1. The molecule has 0 fully saturated rings. The molecule has 0 spiro atoms. The zero-order valence-electron chi connectivity index (χ0n) is 16.1. The van der Waals surface area contributed by atoms with Crippen LogP contribution in [0.4, 0.5) is 74.6 Å². The summed E-state index contributed by atoms with van der Waals surface area (Å²) in [4.78, 5) is 10.6. The van der Waals surface area contributed by atoms with Gasteiger partial charge in [-0.3, -0.25) is 0 Å². The van der Waals surface area contributed by atoms with Gasteiger partial charge in [-0.25, -0.2) is 4.79 Å². The molecule has 1 atom stereocenters. The van der Waals surface area contributed by atoms with Gasteiger partial charge in [0, 0.05) is 5.57 Å². The average Bonchev–Trinajstić information content (AvgIpc) is 2.58. The standard InChI is InChI=1S/C15H10F17O2/c1-5(6(33)34)4-7(2,3)8(16,17)9(18,19)10(20,21)11(22,23)12(24,25)13(26,27)14(28,29)15(30,31)32/h4H,2H2,1,3H3,(H,33,34). The summed E-state index contributed by atoms with van der Waals surface area (Å²) in [5.41, 5.74) is -5.60. The molecule has 0 heterocycles. The Labute approximate surface area is 177 Å². The van der Waals surface area contributed by atoms with Crippen molar-refractivity contribution in [2.24, 2.45) is 5.41 Å². The van der Waals surface area contributed by atoms with Crippen LogP contribution in [0.5, 0.6) is 0 Å². The van der Waals surface area contributed by atoms with Crippen LogP contribution in [0.2, 0.25) is 0 Å². The quantitative estimate of drug-likeness (QED) is 0.254. The smallest absolute Gasteiger partial charge is 0.460 e. The van der Waals surface area contributed by atoms with E-state index in [1.165, 1.54) is 0 Å². The van der Waals surface area contributed by atoms with Gasteiger partial charge in [0.15, 0.2) is 0 Å². The number of carboxylic acids is 1. The van der Waals surface area contributed by atoms with Crippen LogP contribution in [0.25, 0.3) is 0 Å². The van der Waals surface area contributed by atoms with E-state index in [9.17, 15) is 79.4 Å². The summed E-state index contributed by atoms with van der Waals surface area (Å²) in [5.74, 6) is -59.7. The van der Waals surface area contributed by atoms with Crippen molar-refractivity contribution < 1.29 is 84.5 Å². The molecule has 201 valence electrons. The molecule has 34 heavy (non-hydrogen) atoms. The van der Waals surface area contributed by atoms with E-state index < -0.39 is 70.7 Å². The molecule has 2 nitrogen and oxygen atoms in total. The summed E-state index contributed by atoms with van der Waals surface area (Å²) in [6.07, 6.45) is -8.38. The molecule has 0 amide bonds. The molecule has 0 aromatic heterocycles. The number of hydrogen-bond acceptors (Lipinski definition) is 1. The summed E-state index contributed by atoms with van der Waals surface area (Å²) in [7, 11) is 0. The lowest BCUT2D eigenvalue weighted by molar-refractivity contribution is -0.464. The molecule has 0 aliphatic rings. The second kappa shape index (κ2) is 8.03. The normalized spacial score (nSPS) is 16.6. The molecular weight excluding hydrogens is 535 g/mol. The first-order valence-electron chi connectivity index (χ1n) is 7.82. The molecule has 1 unspecified atom stereocenters. The minimum atomic E-state index is -8.73. The van der Waals surface area contributed by atoms with Crippen LogP contribution in [0, 0.1) is 12.3 Å². The molecule has 0 saturated heterocycles. The number of aliphatic carboxylic acids is 1. The number of allylic oxidation sites excluding steroid dienone is 1. The van der Waals surface area contributed by atoms with Crippen molar-refractivity contribution in [2.45, 2.75) is 61.5 Å². The summed E-state index contributed by atoms with van der Waals surface area (Å²) < 4.78 is 225. The molecule has 0 aromatic carbocycles. The van der Waals surface area contributed by atoms with Gasteiger partial charge >= 0.3 is 53.6 Å². The van der Waals surface area contributed by atoms with Gasteiger partial charge in [-0.05, 0) is 13.8 Å². The summed E-state index contributed by atoms with van der Waals surface area (Å²) in [6.45, 7) is 2.18. The minimum absolute atomic E-state index is 0.327. The predicted octanol–water partition coefficient (Wildman–Crippen LogP) is 6.87. The molecular formula is C15H10F17O2. The fraction of sp³-hybridized carbons (Fsp3) is 0.733. The Balaban J connectivity index is 7.01. The lowest BCUT2D eigenvalue weighted by atomic mass is 9.76. The molecule has 19 heteroatoms. The van der Waals surface area contributed by atoms with Gasteiger partial charge in [-0.2, -0.15) is 74.6 Å². The number of alkyl halides is 17. The van der Waals surface area contributed by atoms with Crippen molar-refractivity contribution in [3.8, 4) is 0 Å². The molecule has 0 rings (SSSR count). The largest absolute Gasteiger partial charge is 0.478 e. The molecule has 0 aromatic rings. The number of rotatable bonds is 9. The second-order valence-electron chi connectivity index (χ2n) is 7.07. The van der Waals surface area contributed by atoms with E-state index in [4.69, 9.17) is 5.11 Å². The highest BCUT2D eigenvalue weighted by molar-refractivity contribution is 5.86. The summed E-state index contributed by atoms with van der Waals surface area (Å²) in [6, 6.07) is 0.